The Hall–Kier alpha value is -3.85. The van der Waals surface area contributed by atoms with E-state index >= 15 is 0 Å². The maximum Gasteiger partial charge on any atom is 0.232 e. The zero-order valence-corrected chi connectivity index (χ0v) is 19.3. The number of aromatic nitrogens is 1. The second kappa shape index (κ2) is 8.95. The van der Waals surface area contributed by atoms with E-state index in [1.807, 2.05) is 42.5 Å². The Bertz CT molecular complexity index is 1470. The lowest BCUT2D eigenvalue weighted by atomic mass is 10.1. The molecule has 8 nitrogen and oxygen atoms in total. The SMILES string of the molecule is CCS(=O)(=O)Nc1ccc(Nc2c3ccccc3nc3cc(NC(C)=O)ccc23)c(OC)c1. The molecule has 0 bridgehead atoms. The number of ether oxygens (including phenoxy) is 1. The van der Waals surface area contributed by atoms with Gasteiger partial charge in [-0.05, 0) is 43.3 Å². The van der Waals surface area contributed by atoms with E-state index < -0.39 is 10.0 Å². The highest BCUT2D eigenvalue weighted by Crippen LogP contribution is 2.37. The van der Waals surface area contributed by atoms with Crippen LogP contribution in [-0.4, -0.2) is 32.2 Å². The van der Waals surface area contributed by atoms with Gasteiger partial charge in [0.2, 0.25) is 15.9 Å². The first-order chi connectivity index (χ1) is 15.8. The average Bonchev–Trinajstić information content (AvgIpc) is 2.79. The highest BCUT2D eigenvalue weighted by molar-refractivity contribution is 7.92. The van der Waals surface area contributed by atoms with Gasteiger partial charge in [0.15, 0.2) is 0 Å². The van der Waals surface area contributed by atoms with Gasteiger partial charge in [0, 0.05) is 29.4 Å². The lowest BCUT2D eigenvalue weighted by Crippen LogP contribution is -2.14. The predicted octanol–water partition coefficient (Wildman–Crippen LogP) is 4.86. The predicted molar refractivity (Wildman–Crippen MR) is 133 cm³/mol. The largest absolute Gasteiger partial charge is 0.494 e. The summed E-state index contributed by atoms with van der Waals surface area (Å²) >= 11 is 0. The number of anilines is 4. The van der Waals surface area contributed by atoms with E-state index in [2.05, 4.69) is 15.4 Å². The van der Waals surface area contributed by atoms with E-state index in [-0.39, 0.29) is 11.7 Å². The van der Waals surface area contributed by atoms with Crippen molar-refractivity contribution in [3.63, 3.8) is 0 Å². The first-order valence-corrected chi connectivity index (χ1v) is 12.0. The van der Waals surface area contributed by atoms with Gasteiger partial charge in [-0.25, -0.2) is 13.4 Å². The number of benzene rings is 3. The number of hydrogen-bond acceptors (Lipinski definition) is 6. The Balaban J connectivity index is 1.82. The molecule has 170 valence electrons. The molecule has 3 aromatic carbocycles. The van der Waals surface area contributed by atoms with Crippen LogP contribution in [0.2, 0.25) is 0 Å². The average molecular weight is 465 g/mol. The number of carbonyl (C=O) groups excluding carboxylic acids is 1. The number of methoxy groups -OCH3 is 1. The fourth-order valence-electron chi connectivity index (χ4n) is 3.55. The molecule has 3 N–H and O–H groups in total. The molecular weight excluding hydrogens is 440 g/mol. The summed E-state index contributed by atoms with van der Waals surface area (Å²) < 4.78 is 31.9. The third kappa shape index (κ3) is 4.83. The molecular formula is C24H24N4O4S. The molecule has 0 saturated carbocycles. The Morgan fingerprint density at radius 3 is 2.42 bits per heavy atom. The molecule has 4 aromatic rings. The summed E-state index contributed by atoms with van der Waals surface area (Å²) in [6.07, 6.45) is 0. The van der Waals surface area contributed by atoms with E-state index in [9.17, 15) is 13.2 Å². The van der Waals surface area contributed by atoms with Crippen LogP contribution < -0.4 is 20.1 Å². The topological polar surface area (TPSA) is 109 Å². The van der Waals surface area contributed by atoms with Crippen LogP contribution in [-0.2, 0) is 14.8 Å². The molecule has 0 fully saturated rings. The van der Waals surface area contributed by atoms with Crippen LogP contribution >= 0.6 is 0 Å². The van der Waals surface area contributed by atoms with Gasteiger partial charge < -0.3 is 15.4 Å². The standard InChI is InChI=1S/C24H24N4O4S/c1-4-33(30,31)28-17-10-12-21(23(14-17)32-3)27-24-18-7-5-6-8-20(18)26-22-13-16(25-15(2)29)9-11-19(22)24/h5-14,28H,4H2,1-3H3,(H,25,29)(H,26,27). The van der Waals surface area contributed by atoms with Crippen LogP contribution in [0.25, 0.3) is 21.8 Å². The fraction of sp³-hybridized carbons (Fsp3) is 0.167. The minimum Gasteiger partial charge on any atom is -0.494 e. The summed E-state index contributed by atoms with van der Waals surface area (Å²) in [5, 5.41) is 8.00. The number of nitrogens with zero attached hydrogens (tertiary/aromatic N) is 1. The Morgan fingerprint density at radius 1 is 0.970 bits per heavy atom. The monoisotopic (exact) mass is 464 g/mol. The number of para-hydroxylation sites is 1. The fourth-order valence-corrected chi connectivity index (χ4v) is 4.18. The number of nitrogens with one attached hydrogen (secondary N) is 3. The van der Waals surface area contributed by atoms with Crippen molar-refractivity contribution in [3.8, 4) is 5.75 Å². The summed E-state index contributed by atoms with van der Waals surface area (Å²) in [5.74, 6) is 0.303. The molecule has 33 heavy (non-hydrogen) atoms. The number of pyridine rings is 1. The number of amides is 1. The summed E-state index contributed by atoms with van der Waals surface area (Å²) in [5.41, 5.74) is 4.08. The molecule has 0 spiro atoms. The molecule has 0 aliphatic heterocycles. The normalized spacial score (nSPS) is 11.4. The van der Waals surface area contributed by atoms with Gasteiger partial charge in [-0.15, -0.1) is 0 Å². The lowest BCUT2D eigenvalue weighted by Gasteiger charge is -2.17. The first kappa shape index (κ1) is 22.3. The van der Waals surface area contributed by atoms with Crippen molar-refractivity contribution in [1.29, 1.82) is 0 Å². The maximum absolute atomic E-state index is 11.9. The van der Waals surface area contributed by atoms with Gasteiger partial charge in [0.25, 0.3) is 0 Å². The summed E-state index contributed by atoms with van der Waals surface area (Å²) in [6.45, 7) is 3.04. The van der Waals surface area contributed by atoms with Crippen LogP contribution in [0.15, 0.2) is 60.7 Å². The zero-order chi connectivity index (χ0) is 23.6. The smallest absolute Gasteiger partial charge is 0.232 e. The second-order valence-corrected chi connectivity index (χ2v) is 9.47. The molecule has 0 saturated heterocycles. The summed E-state index contributed by atoms with van der Waals surface area (Å²) in [4.78, 5) is 16.2. The molecule has 4 rings (SSSR count). The highest BCUT2D eigenvalue weighted by atomic mass is 32.2. The summed E-state index contributed by atoms with van der Waals surface area (Å²) in [6, 6.07) is 18.4. The molecule has 0 aliphatic rings. The number of carbonyl (C=O) groups is 1. The van der Waals surface area contributed by atoms with Crippen molar-refractivity contribution < 1.29 is 17.9 Å². The van der Waals surface area contributed by atoms with E-state index in [1.54, 1.807) is 25.1 Å². The third-order valence-electron chi connectivity index (χ3n) is 5.12. The summed E-state index contributed by atoms with van der Waals surface area (Å²) in [7, 11) is -1.87. The van der Waals surface area contributed by atoms with E-state index in [0.29, 0.717) is 28.3 Å². The number of sulfonamides is 1. The van der Waals surface area contributed by atoms with Crippen molar-refractivity contribution in [3.05, 3.63) is 60.7 Å². The van der Waals surface area contributed by atoms with Gasteiger partial charge in [-0.2, -0.15) is 0 Å². The van der Waals surface area contributed by atoms with Gasteiger partial charge >= 0.3 is 0 Å². The molecule has 0 radical (unpaired) electrons. The molecule has 0 unspecified atom stereocenters. The van der Waals surface area contributed by atoms with Crippen molar-refractivity contribution in [2.75, 3.05) is 28.2 Å². The van der Waals surface area contributed by atoms with Crippen molar-refractivity contribution in [2.45, 2.75) is 13.8 Å². The minimum atomic E-state index is -3.40. The Labute approximate surface area is 192 Å². The second-order valence-electron chi connectivity index (χ2n) is 7.46. The van der Waals surface area contributed by atoms with Crippen molar-refractivity contribution in [2.24, 2.45) is 0 Å². The lowest BCUT2D eigenvalue weighted by molar-refractivity contribution is -0.114. The van der Waals surface area contributed by atoms with Crippen molar-refractivity contribution in [1.82, 2.24) is 4.98 Å². The zero-order valence-electron chi connectivity index (χ0n) is 18.5. The minimum absolute atomic E-state index is 0.0230. The number of hydrogen-bond donors (Lipinski definition) is 3. The number of fused-ring (bicyclic) bond motifs is 2. The van der Waals surface area contributed by atoms with Gasteiger partial charge in [0.1, 0.15) is 5.75 Å². The first-order valence-electron chi connectivity index (χ1n) is 10.4. The molecule has 0 atom stereocenters. The third-order valence-corrected chi connectivity index (χ3v) is 6.42. The van der Waals surface area contributed by atoms with Gasteiger partial charge in [-0.1, -0.05) is 18.2 Å². The highest BCUT2D eigenvalue weighted by Gasteiger charge is 2.14. The van der Waals surface area contributed by atoms with Crippen LogP contribution in [0.5, 0.6) is 5.75 Å². The van der Waals surface area contributed by atoms with Crippen LogP contribution in [0.4, 0.5) is 22.7 Å². The molecule has 9 heteroatoms. The molecule has 1 amide bonds. The molecule has 1 aromatic heterocycles. The van der Waals surface area contributed by atoms with E-state index in [1.165, 1.54) is 14.0 Å². The van der Waals surface area contributed by atoms with E-state index in [0.717, 1.165) is 22.0 Å². The van der Waals surface area contributed by atoms with Gasteiger partial charge in [0.05, 0.1) is 41.0 Å². The van der Waals surface area contributed by atoms with Crippen LogP contribution in [0, 0.1) is 0 Å². The van der Waals surface area contributed by atoms with Crippen LogP contribution in [0.1, 0.15) is 13.8 Å². The Morgan fingerprint density at radius 2 is 1.70 bits per heavy atom. The number of rotatable bonds is 7. The van der Waals surface area contributed by atoms with Crippen LogP contribution in [0.3, 0.4) is 0 Å². The van der Waals surface area contributed by atoms with Gasteiger partial charge in [-0.3, -0.25) is 9.52 Å². The van der Waals surface area contributed by atoms with Crippen molar-refractivity contribution >= 4 is 60.5 Å². The van der Waals surface area contributed by atoms with E-state index in [4.69, 9.17) is 9.72 Å². The quantitative estimate of drug-likeness (QED) is 0.337. The molecule has 1 heterocycles. The molecule has 0 aliphatic carbocycles. The maximum atomic E-state index is 11.9. The Kier molecular flexibility index (Phi) is 6.06.